The highest BCUT2D eigenvalue weighted by Crippen LogP contribution is 2.46. The van der Waals surface area contributed by atoms with Crippen molar-refractivity contribution < 1.29 is 9.50 Å². The molecule has 2 rings (SSSR count). The number of rotatable bonds is 2. The molecular weight excluding hydrogens is 241 g/mol. The van der Waals surface area contributed by atoms with E-state index in [4.69, 9.17) is 0 Å². The van der Waals surface area contributed by atoms with Crippen molar-refractivity contribution in [2.75, 3.05) is 5.32 Å². The normalized spacial score (nSPS) is 22.2. The van der Waals surface area contributed by atoms with Gasteiger partial charge in [0.15, 0.2) is 11.6 Å². The number of hydrogen-bond acceptors (Lipinski definition) is 2. The molecule has 0 heterocycles. The zero-order valence-electron chi connectivity index (χ0n) is 12.3. The summed E-state index contributed by atoms with van der Waals surface area (Å²) in [6.07, 6.45) is 3.37. The van der Waals surface area contributed by atoms with E-state index in [-0.39, 0.29) is 5.75 Å². The lowest BCUT2D eigenvalue weighted by atomic mass is 9.63. The summed E-state index contributed by atoms with van der Waals surface area (Å²) in [5.41, 5.74) is 1.35. The summed E-state index contributed by atoms with van der Waals surface area (Å²) < 4.78 is 13.3. The summed E-state index contributed by atoms with van der Waals surface area (Å²) in [6.45, 7) is 9.17. The number of phenolic OH excluding ortho intramolecular Hbond substituents is 1. The number of nitrogens with one attached hydrogen (secondary N) is 1. The molecular formula is C16H24FNO. The van der Waals surface area contributed by atoms with Crippen molar-refractivity contribution in [3.63, 3.8) is 0 Å². The minimum Gasteiger partial charge on any atom is -0.505 e. The predicted octanol–water partition coefficient (Wildman–Crippen LogP) is 4.55. The number of anilines is 1. The van der Waals surface area contributed by atoms with Gasteiger partial charge in [0.05, 0.1) is 0 Å². The highest BCUT2D eigenvalue weighted by atomic mass is 19.1. The van der Waals surface area contributed by atoms with Gasteiger partial charge in [-0.3, -0.25) is 0 Å². The highest BCUT2D eigenvalue weighted by Gasteiger charge is 2.38. The van der Waals surface area contributed by atoms with Crippen molar-refractivity contribution in [2.24, 2.45) is 10.8 Å². The van der Waals surface area contributed by atoms with Crippen LogP contribution in [0, 0.1) is 16.6 Å². The monoisotopic (exact) mass is 265 g/mol. The molecule has 0 bridgehead atoms. The molecule has 19 heavy (non-hydrogen) atoms. The van der Waals surface area contributed by atoms with Crippen molar-refractivity contribution in [1.82, 2.24) is 0 Å². The van der Waals surface area contributed by atoms with Gasteiger partial charge in [-0.1, -0.05) is 27.7 Å². The quantitative estimate of drug-likeness (QED) is 0.769. The van der Waals surface area contributed by atoms with Gasteiger partial charge in [-0.25, -0.2) is 4.39 Å². The fraction of sp³-hybridized carbons (Fsp3) is 0.625. The molecule has 1 saturated carbocycles. The summed E-state index contributed by atoms with van der Waals surface area (Å²) in [6, 6.07) is 4.84. The van der Waals surface area contributed by atoms with E-state index in [0.717, 1.165) is 18.5 Å². The predicted molar refractivity (Wildman–Crippen MR) is 76.9 cm³/mol. The Bertz CT molecular complexity index is 452. The van der Waals surface area contributed by atoms with Gasteiger partial charge in [0.25, 0.3) is 0 Å². The lowest BCUT2D eigenvalue weighted by Crippen LogP contribution is -2.40. The van der Waals surface area contributed by atoms with Crippen LogP contribution in [0.3, 0.4) is 0 Å². The molecule has 0 aliphatic heterocycles. The molecule has 0 saturated heterocycles. The van der Waals surface area contributed by atoms with Gasteiger partial charge in [-0.05, 0) is 42.2 Å². The number of halogens is 1. The average Bonchev–Trinajstić information content (AvgIpc) is 2.18. The molecule has 0 radical (unpaired) electrons. The van der Waals surface area contributed by atoms with E-state index < -0.39 is 5.82 Å². The lowest BCUT2D eigenvalue weighted by Gasteiger charge is -2.45. The minimum absolute atomic E-state index is 0.296. The maximum atomic E-state index is 13.3. The van der Waals surface area contributed by atoms with Crippen LogP contribution in [-0.4, -0.2) is 11.1 Å². The van der Waals surface area contributed by atoms with Gasteiger partial charge in [0.1, 0.15) is 0 Å². The first-order valence-electron chi connectivity index (χ1n) is 6.92. The van der Waals surface area contributed by atoms with Crippen LogP contribution < -0.4 is 5.32 Å². The molecule has 0 aromatic heterocycles. The van der Waals surface area contributed by atoms with E-state index >= 15 is 0 Å². The van der Waals surface area contributed by atoms with E-state index in [0.29, 0.717) is 16.9 Å². The molecule has 0 atom stereocenters. The van der Waals surface area contributed by atoms with Crippen molar-refractivity contribution >= 4 is 5.69 Å². The smallest absolute Gasteiger partial charge is 0.166 e. The lowest BCUT2D eigenvalue weighted by molar-refractivity contribution is 0.105. The molecule has 3 heteroatoms. The van der Waals surface area contributed by atoms with Gasteiger partial charge in [-0.2, -0.15) is 0 Å². The molecule has 1 aliphatic carbocycles. The molecule has 1 aromatic carbocycles. The van der Waals surface area contributed by atoms with Crippen LogP contribution in [0.5, 0.6) is 5.75 Å². The number of aromatic hydroxyl groups is 1. The zero-order valence-corrected chi connectivity index (χ0v) is 12.3. The van der Waals surface area contributed by atoms with Gasteiger partial charge in [-0.15, -0.1) is 0 Å². The number of phenols is 1. The Labute approximate surface area is 115 Å². The third-order valence-electron chi connectivity index (χ3n) is 3.87. The van der Waals surface area contributed by atoms with Gasteiger partial charge >= 0.3 is 0 Å². The SMILES string of the molecule is CC1(C)CC(Nc2ccc(O)c(F)c2)CC(C)(C)C1. The second-order valence-corrected chi connectivity index (χ2v) is 7.42. The number of hydrogen-bond donors (Lipinski definition) is 2. The third-order valence-corrected chi connectivity index (χ3v) is 3.87. The van der Waals surface area contributed by atoms with Crippen LogP contribution in [-0.2, 0) is 0 Å². The van der Waals surface area contributed by atoms with E-state index in [9.17, 15) is 9.50 Å². The van der Waals surface area contributed by atoms with Crippen molar-refractivity contribution in [1.29, 1.82) is 0 Å². The maximum Gasteiger partial charge on any atom is 0.166 e. The van der Waals surface area contributed by atoms with Crippen LogP contribution in [0.1, 0.15) is 47.0 Å². The molecule has 0 unspecified atom stereocenters. The molecule has 0 spiro atoms. The minimum atomic E-state index is -0.570. The first-order chi connectivity index (χ1) is 8.67. The Hall–Kier alpha value is -1.25. The van der Waals surface area contributed by atoms with Crippen LogP contribution in [0.4, 0.5) is 10.1 Å². The van der Waals surface area contributed by atoms with Crippen LogP contribution in [0.25, 0.3) is 0 Å². The van der Waals surface area contributed by atoms with E-state index in [1.54, 1.807) is 6.07 Å². The Balaban J connectivity index is 2.11. The standard InChI is InChI=1S/C16H24FNO/c1-15(2)8-12(9-16(3,4)10-15)18-11-5-6-14(19)13(17)7-11/h5-7,12,18-19H,8-10H2,1-4H3. The molecule has 106 valence electrons. The van der Waals surface area contributed by atoms with Crippen LogP contribution >= 0.6 is 0 Å². The van der Waals surface area contributed by atoms with Crippen molar-refractivity contribution in [2.45, 2.75) is 53.0 Å². The Morgan fingerprint density at radius 1 is 1.16 bits per heavy atom. The van der Waals surface area contributed by atoms with Gasteiger partial charge in [0.2, 0.25) is 0 Å². The molecule has 2 N–H and O–H groups in total. The summed E-state index contributed by atoms with van der Waals surface area (Å²) >= 11 is 0. The number of benzene rings is 1. The second-order valence-electron chi connectivity index (χ2n) is 7.42. The maximum absolute atomic E-state index is 13.3. The molecule has 1 fully saturated rings. The van der Waals surface area contributed by atoms with Crippen molar-refractivity contribution in [3.05, 3.63) is 24.0 Å². The zero-order chi connectivity index (χ0) is 14.3. The largest absolute Gasteiger partial charge is 0.505 e. The fourth-order valence-corrected chi connectivity index (χ4v) is 3.78. The molecule has 2 nitrogen and oxygen atoms in total. The van der Waals surface area contributed by atoms with E-state index in [1.807, 2.05) is 0 Å². The Morgan fingerprint density at radius 2 is 1.74 bits per heavy atom. The van der Waals surface area contributed by atoms with Gasteiger partial charge < -0.3 is 10.4 Å². The molecule has 1 aromatic rings. The van der Waals surface area contributed by atoms with Gasteiger partial charge in [0, 0.05) is 17.8 Å². The average molecular weight is 265 g/mol. The summed E-state index contributed by atoms with van der Waals surface area (Å²) in [4.78, 5) is 0. The van der Waals surface area contributed by atoms with E-state index in [2.05, 4.69) is 33.0 Å². The van der Waals surface area contributed by atoms with Crippen LogP contribution in [0.15, 0.2) is 18.2 Å². The highest BCUT2D eigenvalue weighted by molar-refractivity contribution is 5.47. The summed E-state index contributed by atoms with van der Waals surface area (Å²) in [5, 5.41) is 12.6. The Kier molecular flexibility index (Phi) is 3.50. The van der Waals surface area contributed by atoms with E-state index in [1.165, 1.54) is 18.6 Å². The first-order valence-corrected chi connectivity index (χ1v) is 6.92. The molecule has 0 amide bonds. The fourth-order valence-electron chi connectivity index (χ4n) is 3.78. The second kappa shape index (κ2) is 4.69. The first kappa shape index (κ1) is 14.2. The molecule has 1 aliphatic rings. The van der Waals surface area contributed by atoms with Crippen molar-refractivity contribution in [3.8, 4) is 5.75 Å². The Morgan fingerprint density at radius 3 is 2.26 bits per heavy atom. The third kappa shape index (κ3) is 3.62. The van der Waals surface area contributed by atoms with Crippen LogP contribution in [0.2, 0.25) is 0 Å². The topological polar surface area (TPSA) is 32.3 Å². The summed E-state index contributed by atoms with van der Waals surface area (Å²) in [7, 11) is 0. The summed E-state index contributed by atoms with van der Waals surface area (Å²) in [5.74, 6) is -0.866.